The van der Waals surface area contributed by atoms with Crippen molar-refractivity contribution in [3.8, 4) is 0 Å². The molecule has 0 atom stereocenters. The molecule has 0 fully saturated rings. The van der Waals surface area contributed by atoms with Gasteiger partial charge in [0.25, 0.3) is 11.8 Å². The Kier molecular flexibility index (Phi) is 4.80. The van der Waals surface area contributed by atoms with Crippen LogP contribution in [0.3, 0.4) is 0 Å². The van der Waals surface area contributed by atoms with Gasteiger partial charge >= 0.3 is 5.97 Å². The minimum atomic E-state index is -1.34. The Morgan fingerprint density at radius 1 is 1.11 bits per heavy atom. The topological polar surface area (TPSA) is 104 Å². The Balaban J connectivity index is 2.35. The molecule has 1 heterocycles. The molecule has 7 heteroatoms. The van der Waals surface area contributed by atoms with Crippen molar-refractivity contribution in [1.82, 2.24) is 4.90 Å². The van der Waals surface area contributed by atoms with Crippen LogP contribution in [0.2, 0.25) is 0 Å². The first-order valence-corrected chi connectivity index (χ1v) is 5.73. The number of esters is 1. The Morgan fingerprint density at radius 3 is 2.11 bits per heavy atom. The lowest BCUT2D eigenvalue weighted by Crippen LogP contribution is -2.35. The zero-order valence-electron chi connectivity index (χ0n) is 10.7. The third kappa shape index (κ3) is 3.64. The second kappa shape index (κ2) is 6.12. The molecular weight excluding hydrogens is 254 g/mol. The standard InChI is InChI=1S/C12H15NO6/c1-7-8(2)12(18)13(11(7)17)5-6-19-10(16)4-3-9(14)15/h3-6H2,1-2H3,(H,14,15)/p-1. The van der Waals surface area contributed by atoms with E-state index in [9.17, 15) is 24.3 Å². The van der Waals surface area contributed by atoms with Crippen LogP contribution >= 0.6 is 0 Å². The van der Waals surface area contributed by atoms with Crippen molar-refractivity contribution in [3.63, 3.8) is 0 Å². The third-order valence-corrected chi connectivity index (χ3v) is 2.81. The summed E-state index contributed by atoms with van der Waals surface area (Å²) < 4.78 is 4.73. The van der Waals surface area contributed by atoms with Gasteiger partial charge in [-0.15, -0.1) is 0 Å². The highest BCUT2D eigenvalue weighted by molar-refractivity contribution is 6.18. The number of hydrogen-bond donors (Lipinski definition) is 0. The van der Waals surface area contributed by atoms with Gasteiger partial charge in [-0.2, -0.15) is 0 Å². The van der Waals surface area contributed by atoms with E-state index in [-0.39, 0.29) is 19.6 Å². The van der Waals surface area contributed by atoms with Gasteiger partial charge in [-0.25, -0.2) is 0 Å². The van der Waals surface area contributed by atoms with Crippen molar-refractivity contribution in [2.75, 3.05) is 13.2 Å². The van der Waals surface area contributed by atoms with E-state index in [2.05, 4.69) is 0 Å². The minimum absolute atomic E-state index is 0.0383. The zero-order chi connectivity index (χ0) is 14.6. The SMILES string of the molecule is CC1=C(C)C(=O)N(CCOC(=O)CCC(=O)[O-])C1=O. The van der Waals surface area contributed by atoms with Crippen LogP contribution < -0.4 is 5.11 Å². The van der Waals surface area contributed by atoms with Crippen molar-refractivity contribution in [3.05, 3.63) is 11.1 Å². The van der Waals surface area contributed by atoms with Gasteiger partial charge in [0, 0.05) is 17.1 Å². The normalized spacial score (nSPS) is 15.2. The molecule has 1 rings (SSSR count). The lowest BCUT2D eigenvalue weighted by Gasteiger charge is -2.14. The Morgan fingerprint density at radius 2 is 1.63 bits per heavy atom. The van der Waals surface area contributed by atoms with Gasteiger partial charge in [0.05, 0.1) is 13.0 Å². The van der Waals surface area contributed by atoms with Gasteiger partial charge in [0.2, 0.25) is 0 Å². The first kappa shape index (κ1) is 14.9. The fourth-order valence-corrected chi connectivity index (χ4v) is 1.55. The molecule has 7 nitrogen and oxygen atoms in total. The van der Waals surface area contributed by atoms with Crippen LogP contribution in [0, 0.1) is 0 Å². The summed E-state index contributed by atoms with van der Waals surface area (Å²) in [6.07, 6.45) is -0.708. The number of carboxylic acid groups (broad SMARTS) is 1. The molecule has 0 aromatic rings. The van der Waals surface area contributed by atoms with Crippen LogP contribution in [0.15, 0.2) is 11.1 Å². The number of amides is 2. The monoisotopic (exact) mass is 268 g/mol. The van der Waals surface area contributed by atoms with Crippen molar-refractivity contribution in [2.45, 2.75) is 26.7 Å². The van der Waals surface area contributed by atoms with Gasteiger partial charge in [0.15, 0.2) is 0 Å². The summed E-state index contributed by atoms with van der Waals surface area (Å²) in [6.45, 7) is 2.93. The highest BCUT2D eigenvalue weighted by atomic mass is 16.5. The average molecular weight is 268 g/mol. The lowest BCUT2D eigenvalue weighted by molar-refractivity contribution is -0.305. The van der Waals surface area contributed by atoms with Crippen LogP contribution in [-0.4, -0.2) is 41.8 Å². The second-order valence-corrected chi connectivity index (χ2v) is 4.10. The van der Waals surface area contributed by atoms with Crippen molar-refractivity contribution in [1.29, 1.82) is 0 Å². The molecule has 0 saturated heterocycles. The van der Waals surface area contributed by atoms with E-state index in [0.29, 0.717) is 11.1 Å². The number of carboxylic acids is 1. The molecule has 0 spiro atoms. The fraction of sp³-hybridized carbons (Fsp3) is 0.500. The molecule has 0 aliphatic carbocycles. The summed E-state index contributed by atoms with van der Waals surface area (Å²) >= 11 is 0. The molecule has 0 N–H and O–H groups in total. The van der Waals surface area contributed by atoms with Crippen molar-refractivity contribution in [2.24, 2.45) is 0 Å². The highest BCUT2D eigenvalue weighted by Gasteiger charge is 2.32. The predicted molar refractivity (Wildman–Crippen MR) is 60.3 cm³/mol. The third-order valence-electron chi connectivity index (χ3n) is 2.81. The van der Waals surface area contributed by atoms with Gasteiger partial charge in [-0.05, 0) is 20.3 Å². The molecule has 1 aliphatic heterocycles. The summed E-state index contributed by atoms with van der Waals surface area (Å²) in [5.41, 5.74) is 0.765. The maximum atomic E-state index is 11.6. The highest BCUT2D eigenvalue weighted by Crippen LogP contribution is 2.19. The molecule has 0 aromatic heterocycles. The van der Waals surface area contributed by atoms with Crippen molar-refractivity contribution < 1.29 is 29.0 Å². The van der Waals surface area contributed by atoms with E-state index in [4.69, 9.17) is 4.74 Å². The minimum Gasteiger partial charge on any atom is -0.550 e. The summed E-state index contributed by atoms with van der Waals surface area (Å²) in [7, 11) is 0. The van der Waals surface area contributed by atoms with Crippen LogP contribution in [0.5, 0.6) is 0 Å². The quantitative estimate of drug-likeness (QED) is 0.441. The smallest absolute Gasteiger partial charge is 0.306 e. The number of imide groups is 1. The number of carbonyl (C=O) groups is 4. The summed E-state index contributed by atoms with van der Waals surface area (Å²) in [4.78, 5) is 45.5. The van der Waals surface area contributed by atoms with E-state index in [1.807, 2.05) is 0 Å². The Bertz CT molecular complexity index is 441. The molecule has 0 saturated carbocycles. The van der Waals surface area contributed by atoms with Crippen LogP contribution in [0.25, 0.3) is 0 Å². The lowest BCUT2D eigenvalue weighted by atomic mass is 10.2. The number of ether oxygens (including phenoxy) is 1. The number of nitrogens with zero attached hydrogens (tertiary/aromatic N) is 1. The molecule has 19 heavy (non-hydrogen) atoms. The first-order chi connectivity index (χ1) is 8.84. The van der Waals surface area contributed by atoms with E-state index < -0.39 is 30.2 Å². The van der Waals surface area contributed by atoms with E-state index >= 15 is 0 Å². The van der Waals surface area contributed by atoms with Crippen LogP contribution in [-0.2, 0) is 23.9 Å². The summed E-state index contributed by atoms with van der Waals surface area (Å²) in [5.74, 6) is -2.83. The number of hydrogen-bond acceptors (Lipinski definition) is 6. The Hall–Kier alpha value is -2.18. The molecule has 0 radical (unpaired) electrons. The Labute approximate surface area is 109 Å². The molecule has 104 valence electrons. The maximum Gasteiger partial charge on any atom is 0.306 e. The van der Waals surface area contributed by atoms with Crippen molar-refractivity contribution >= 4 is 23.8 Å². The number of aliphatic carboxylic acids is 1. The van der Waals surface area contributed by atoms with Gasteiger partial charge < -0.3 is 14.6 Å². The molecule has 0 unspecified atom stereocenters. The predicted octanol–water partition coefficient (Wildman–Crippen LogP) is -1.24. The first-order valence-electron chi connectivity index (χ1n) is 5.73. The van der Waals surface area contributed by atoms with E-state index in [0.717, 1.165) is 4.90 Å². The fourth-order valence-electron chi connectivity index (χ4n) is 1.55. The van der Waals surface area contributed by atoms with Crippen LogP contribution in [0.4, 0.5) is 0 Å². The second-order valence-electron chi connectivity index (χ2n) is 4.10. The summed E-state index contributed by atoms with van der Waals surface area (Å²) in [6, 6.07) is 0. The molecular formula is C12H14NO6-. The average Bonchev–Trinajstić information content (AvgIpc) is 2.53. The number of rotatable bonds is 6. The van der Waals surface area contributed by atoms with Gasteiger partial charge in [-0.3, -0.25) is 19.3 Å². The molecule has 0 bridgehead atoms. The largest absolute Gasteiger partial charge is 0.550 e. The van der Waals surface area contributed by atoms with Crippen LogP contribution in [0.1, 0.15) is 26.7 Å². The molecule has 1 aliphatic rings. The van der Waals surface area contributed by atoms with E-state index in [1.165, 1.54) is 0 Å². The maximum absolute atomic E-state index is 11.6. The van der Waals surface area contributed by atoms with Gasteiger partial charge in [0.1, 0.15) is 6.61 Å². The van der Waals surface area contributed by atoms with Gasteiger partial charge in [-0.1, -0.05) is 0 Å². The number of carbonyl (C=O) groups excluding carboxylic acids is 4. The molecule has 2 amide bonds. The zero-order valence-corrected chi connectivity index (χ0v) is 10.7. The summed E-state index contributed by atoms with van der Waals surface area (Å²) in [5, 5.41) is 10.1. The molecule has 0 aromatic carbocycles. The van der Waals surface area contributed by atoms with E-state index in [1.54, 1.807) is 13.8 Å².